The van der Waals surface area contributed by atoms with Gasteiger partial charge in [-0.1, -0.05) is 19.1 Å². The standard InChI is InChI=1S/C17H28N2O2/c1-5-18-17(15-7-6-8-16(9-15)20-4)11-19-10-14(3)21-12-13(19)2/h6-9,13-14,17-18H,5,10-12H2,1-4H3. The number of morpholine rings is 1. The van der Waals surface area contributed by atoms with Crippen LogP contribution < -0.4 is 10.1 Å². The van der Waals surface area contributed by atoms with E-state index in [2.05, 4.69) is 49.2 Å². The number of rotatable bonds is 6. The predicted molar refractivity (Wildman–Crippen MR) is 85.9 cm³/mol. The number of benzene rings is 1. The van der Waals surface area contributed by atoms with Crippen LogP contribution in [0.2, 0.25) is 0 Å². The van der Waals surface area contributed by atoms with E-state index in [0.29, 0.717) is 18.2 Å². The lowest BCUT2D eigenvalue weighted by Gasteiger charge is -2.39. The molecule has 4 nitrogen and oxygen atoms in total. The van der Waals surface area contributed by atoms with Crippen LogP contribution >= 0.6 is 0 Å². The predicted octanol–water partition coefficient (Wildman–Crippen LogP) is 2.46. The molecule has 3 unspecified atom stereocenters. The molecule has 1 aliphatic rings. The van der Waals surface area contributed by atoms with Gasteiger partial charge in [0.25, 0.3) is 0 Å². The third-order valence-corrected chi connectivity index (χ3v) is 4.10. The Morgan fingerprint density at radius 2 is 2.24 bits per heavy atom. The minimum Gasteiger partial charge on any atom is -0.497 e. The van der Waals surface area contributed by atoms with Crippen LogP contribution in [-0.2, 0) is 4.74 Å². The Hall–Kier alpha value is -1.10. The van der Waals surface area contributed by atoms with E-state index in [9.17, 15) is 0 Å². The van der Waals surface area contributed by atoms with E-state index < -0.39 is 0 Å². The third kappa shape index (κ3) is 4.43. The molecular weight excluding hydrogens is 264 g/mol. The van der Waals surface area contributed by atoms with Crippen molar-refractivity contribution in [1.29, 1.82) is 0 Å². The van der Waals surface area contributed by atoms with E-state index in [4.69, 9.17) is 9.47 Å². The molecule has 3 atom stereocenters. The summed E-state index contributed by atoms with van der Waals surface area (Å²) in [5, 5.41) is 3.59. The smallest absolute Gasteiger partial charge is 0.119 e. The van der Waals surface area contributed by atoms with Crippen molar-refractivity contribution in [1.82, 2.24) is 10.2 Å². The Morgan fingerprint density at radius 1 is 1.43 bits per heavy atom. The fourth-order valence-corrected chi connectivity index (χ4v) is 2.85. The molecule has 1 N–H and O–H groups in total. The molecule has 1 aromatic rings. The van der Waals surface area contributed by atoms with Crippen molar-refractivity contribution < 1.29 is 9.47 Å². The Kier molecular flexibility index (Phi) is 6.03. The molecule has 0 amide bonds. The van der Waals surface area contributed by atoms with Crippen LogP contribution in [0.5, 0.6) is 5.75 Å². The first kappa shape index (κ1) is 16.3. The highest BCUT2D eigenvalue weighted by molar-refractivity contribution is 5.30. The van der Waals surface area contributed by atoms with Crippen molar-refractivity contribution in [2.45, 2.75) is 39.0 Å². The van der Waals surface area contributed by atoms with E-state index in [1.165, 1.54) is 5.56 Å². The normalized spacial score (nSPS) is 24.8. The van der Waals surface area contributed by atoms with E-state index >= 15 is 0 Å². The molecule has 0 aromatic heterocycles. The molecule has 4 heteroatoms. The monoisotopic (exact) mass is 292 g/mol. The van der Waals surface area contributed by atoms with Crippen molar-refractivity contribution in [3.05, 3.63) is 29.8 Å². The lowest BCUT2D eigenvalue weighted by Crippen LogP contribution is -2.50. The van der Waals surface area contributed by atoms with Crippen molar-refractivity contribution in [3.8, 4) is 5.75 Å². The average molecular weight is 292 g/mol. The summed E-state index contributed by atoms with van der Waals surface area (Å²) >= 11 is 0. The topological polar surface area (TPSA) is 33.7 Å². The highest BCUT2D eigenvalue weighted by atomic mass is 16.5. The molecule has 0 saturated carbocycles. The van der Waals surface area contributed by atoms with Crippen molar-refractivity contribution in [3.63, 3.8) is 0 Å². The Labute approximate surface area is 128 Å². The lowest BCUT2D eigenvalue weighted by atomic mass is 10.0. The van der Waals surface area contributed by atoms with Crippen molar-refractivity contribution >= 4 is 0 Å². The summed E-state index contributed by atoms with van der Waals surface area (Å²) in [6, 6.07) is 9.13. The number of ether oxygens (including phenoxy) is 2. The van der Waals surface area contributed by atoms with Gasteiger partial charge in [-0.15, -0.1) is 0 Å². The highest BCUT2D eigenvalue weighted by Crippen LogP contribution is 2.22. The van der Waals surface area contributed by atoms with Gasteiger partial charge >= 0.3 is 0 Å². The maximum Gasteiger partial charge on any atom is 0.119 e. The van der Waals surface area contributed by atoms with Crippen LogP contribution in [0, 0.1) is 0 Å². The van der Waals surface area contributed by atoms with Gasteiger partial charge in [0.05, 0.1) is 19.8 Å². The van der Waals surface area contributed by atoms with Crippen LogP contribution in [0.4, 0.5) is 0 Å². The summed E-state index contributed by atoms with van der Waals surface area (Å²) in [5.74, 6) is 0.916. The molecule has 0 radical (unpaired) electrons. The summed E-state index contributed by atoms with van der Waals surface area (Å²) in [5.41, 5.74) is 1.28. The molecule has 21 heavy (non-hydrogen) atoms. The van der Waals surface area contributed by atoms with Crippen LogP contribution in [-0.4, -0.2) is 50.4 Å². The van der Waals surface area contributed by atoms with E-state index in [1.807, 2.05) is 6.07 Å². The van der Waals surface area contributed by atoms with Gasteiger partial charge in [-0.3, -0.25) is 4.90 Å². The van der Waals surface area contributed by atoms with Gasteiger partial charge in [0.1, 0.15) is 5.75 Å². The van der Waals surface area contributed by atoms with E-state index in [-0.39, 0.29) is 0 Å². The molecule has 1 saturated heterocycles. The molecule has 1 aromatic carbocycles. The zero-order valence-electron chi connectivity index (χ0n) is 13.6. The van der Waals surface area contributed by atoms with Crippen LogP contribution in [0.3, 0.4) is 0 Å². The summed E-state index contributed by atoms with van der Waals surface area (Å²) < 4.78 is 11.1. The van der Waals surface area contributed by atoms with Gasteiger partial charge in [0, 0.05) is 25.2 Å². The van der Waals surface area contributed by atoms with Gasteiger partial charge in [0.15, 0.2) is 0 Å². The molecule has 0 spiro atoms. The first-order valence-corrected chi connectivity index (χ1v) is 7.87. The molecule has 1 aliphatic heterocycles. The summed E-state index contributed by atoms with van der Waals surface area (Å²) in [6.07, 6.45) is 0.314. The Balaban J connectivity index is 2.10. The van der Waals surface area contributed by atoms with Crippen LogP contribution in [0.25, 0.3) is 0 Å². The molecule has 0 bridgehead atoms. The number of hydrogen-bond donors (Lipinski definition) is 1. The quantitative estimate of drug-likeness (QED) is 0.873. The molecule has 0 aliphatic carbocycles. The number of likely N-dealkylation sites (N-methyl/N-ethyl adjacent to an activating group) is 1. The zero-order valence-corrected chi connectivity index (χ0v) is 13.6. The number of nitrogens with zero attached hydrogens (tertiary/aromatic N) is 1. The molecule has 2 rings (SSSR count). The van der Waals surface area contributed by atoms with Gasteiger partial charge in [-0.25, -0.2) is 0 Å². The SMILES string of the molecule is CCNC(CN1CC(C)OCC1C)c1cccc(OC)c1. The molecular formula is C17H28N2O2. The molecule has 118 valence electrons. The Morgan fingerprint density at radius 3 is 2.95 bits per heavy atom. The third-order valence-electron chi connectivity index (χ3n) is 4.10. The van der Waals surface area contributed by atoms with Crippen molar-refractivity contribution in [2.24, 2.45) is 0 Å². The molecule has 1 heterocycles. The number of hydrogen-bond acceptors (Lipinski definition) is 4. The maximum absolute atomic E-state index is 5.72. The zero-order chi connectivity index (χ0) is 15.2. The maximum atomic E-state index is 5.72. The largest absolute Gasteiger partial charge is 0.497 e. The summed E-state index contributed by atoms with van der Waals surface area (Å²) in [6.45, 7) is 10.3. The van der Waals surface area contributed by atoms with E-state index in [1.54, 1.807) is 7.11 Å². The first-order valence-electron chi connectivity index (χ1n) is 7.87. The second kappa shape index (κ2) is 7.78. The fourth-order valence-electron chi connectivity index (χ4n) is 2.85. The minimum absolute atomic E-state index is 0.314. The van der Waals surface area contributed by atoms with Gasteiger partial charge in [0.2, 0.25) is 0 Å². The minimum atomic E-state index is 0.314. The fraction of sp³-hybridized carbons (Fsp3) is 0.647. The Bertz CT molecular complexity index is 439. The summed E-state index contributed by atoms with van der Waals surface area (Å²) in [4.78, 5) is 2.51. The van der Waals surface area contributed by atoms with Crippen LogP contribution in [0.15, 0.2) is 24.3 Å². The summed E-state index contributed by atoms with van der Waals surface area (Å²) in [7, 11) is 1.72. The second-order valence-corrected chi connectivity index (χ2v) is 5.83. The van der Waals surface area contributed by atoms with Gasteiger partial charge in [-0.2, -0.15) is 0 Å². The highest BCUT2D eigenvalue weighted by Gasteiger charge is 2.26. The van der Waals surface area contributed by atoms with Crippen LogP contribution in [0.1, 0.15) is 32.4 Å². The number of nitrogens with one attached hydrogen (secondary N) is 1. The van der Waals surface area contributed by atoms with Gasteiger partial charge in [-0.05, 0) is 38.1 Å². The first-order chi connectivity index (χ1) is 10.1. The number of methoxy groups -OCH3 is 1. The van der Waals surface area contributed by atoms with E-state index in [0.717, 1.165) is 32.0 Å². The molecule has 1 fully saturated rings. The van der Waals surface area contributed by atoms with Crippen molar-refractivity contribution in [2.75, 3.05) is 33.4 Å². The van der Waals surface area contributed by atoms with Gasteiger partial charge < -0.3 is 14.8 Å². The lowest BCUT2D eigenvalue weighted by molar-refractivity contribution is -0.0521. The average Bonchev–Trinajstić information content (AvgIpc) is 2.50. The second-order valence-electron chi connectivity index (χ2n) is 5.83.